The first kappa shape index (κ1) is 15.5. The van der Waals surface area contributed by atoms with Gasteiger partial charge in [0.1, 0.15) is 11.3 Å². The van der Waals surface area contributed by atoms with Crippen LogP contribution in [0.1, 0.15) is 38.5 Å². The van der Waals surface area contributed by atoms with Crippen molar-refractivity contribution in [1.82, 2.24) is 9.03 Å². The molecule has 0 saturated carbocycles. The average Bonchev–Trinajstić information content (AvgIpc) is 2.91. The Morgan fingerprint density at radius 1 is 1.36 bits per heavy atom. The molecule has 1 N–H and O–H groups in total. The van der Waals surface area contributed by atoms with E-state index in [1.165, 1.54) is 0 Å². The second kappa shape index (κ2) is 6.02. The van der Waals surface area contributed by atoms with Crippen molar-refractivity contribution in [2.24, 2.45) is 5.92 Å². The minimum Gasteiger partial charge on any atom is -0.459 e. The van der Waals surface area contributed by atoms with Gasteiger partial charge in [-0.15, -0.1) is 0 Å². The molecule has 1 saturated heterocycles. The highest BCUT2D eigenvalue weighted by molar-refractivity contribution is 7.87. The lowest BCUT2D eigenvalue weighted by Crippen LogP contribution is -2.46. The first-order valence-electron chi connectivity index (χ1n) is 7.71. The summed E-state index contributed by atoms with van der Waals surface area (Å²) in [6, 6.07) is 9.17. The molecular formula is C16H22N2O3S. The maximum atomic E-state index is 12.5. The largest absolute Gasteiger partial charge is 0.459 e. The Morgan fingerprint density at radius 3 is 2.86 bits per heavy atom. The monoisotopic (exact) mass is 322 g/mol. The molecule has 2 atom stereocenters. The van der Waals surface area contributed by atoms with E-state index in [-0.39, 0.29) is 0 Å². The van der Waals surface area contributed by atoms with Gasteiger partial charge in [-0.1, -0.05) is 25.1 Å². The molecular weight excluding hydrogens is 300 g/mol. The van der Waals surface area contributed by atoms with Gasteiger partial charge in [0.05, 0.1) is 6.04 Å². The summed E-state index contributed by atoms with van der Waals surface area (Å²) in [7, 11) is -3.48. The van der Waals surface area contributed by atoms with Gasteiger partial charge in [0.2, 0.25) is 0 Å². The fourth-order valence-electron chi connectivity index (χ4n) is 2.94. The van der Waals surface area contributed by atoms with Crippen molar-refractivity contribution in [1.29, 1.82) is 0 Å². The Labute approximate surface area is 131 Å². The highest BCUT2D eigenvalue weighted by atomic mass is 32.2. The summed E-state index contributed by atoms with van der Waals surface area (Å²) in [6.07, 6.45) is 2.01. The molecule has 0 amide bonds. The number of furan rings is 1. The molecule has 5 nitrogen and oxygen atoms in total. The molecule has 0 spiro atoms. The summed E-state index contributed by atoms with van der Waals surface area (Å²) in [5.74, 6) is 1.04. The molecule has 1 aromatic carbocycles. The maximum Gasteiger partial charge on any atom is 0.280 e. The zero-order valence-corrected chi connectivity index (χ0v) is 13.8. The molecule has 1 fully saturated rings. The van der Waals surface area contributed by atoms with Crippen molar-refractivity contribution in [3.05, 3.63) is 36.1 Å². The van der Waals surface area contributed by atoms with Crippen molar-refractivity contribution in [3.8, 4) is 0 Å². The highest BCUT2D eigenvalue weighted by Gasteiger charge is 2.29. The summed E-state index contributed by atoms with van der Waals surface area (Å²) < 4.78 is 35.0. The quantitative estimate of drug-likeness (QED) is 0.941. The van der Waals surface area contributed by atoms with Crippen molar-refractivity contribution in [2.45, 2.75) is 32.7 Å². The van der Waals surface area contributed by atoms with Crippen LogP contribution >= 0.6 is 0 Å². The van der Waals surface area contributed by atoms with E-state index in [4.69, 9.17) is 4.42 Å². The van der Waals surface area contributed by atoms with Crippen LogP contribution in [0.5, 0.6) is 0 Å². The van der Waals surface area contributed by atoms with Crippen LogP contribution in [0.4, 0.5) is 0 Å². The Hall–Kier alpha value is -1.37. The van der Waals surface area contributed by atoms with Gasteiger partial charge >= 0.3 is 0 Å². The first-order valence-corrected chi connectivity index (χ1v) is 9.15. The smallest absolute Gasteiger partial charge is 0.280 e. The van der Waals surface area contributed by atoms with Gasteiger partial charge in [0.15, 0.2) is 0 Å². The lowest BCUT2D eigenvalue weighted by atomic mass is 10.0. The normalized spacial score (nSPS) is 22.0. The summed E-state index contributed by atoms with van der Waals surface area (Å²) in [4.78, 5) is 0. The van der Waals surface area contributed by atoms with Crippen molar-refractivity contribution < 1.29 is 12.8 Å². The second-order valence-electron chi connectivity index (χ2n) is 6.14. The zero-order valence-electron chi connectivity index (χ0n) is 13.0. The van der Waals surface area contributed by atoms with E-state index >= 15 is 0 Å². The van der Waals surface area contributed by atoms with Gasteiger partial charge < -0.3 is 4.42 Å². The Morgan fingerprint density at radius 2 is 2.14 bits per heavy atom. The number of hydrogen-bond donors (Lipinski definition) is 1. The topological polar surface area (TPSA) is 62.6 Å². The lowest BCUT2D eigenvalue weighted by Gasteiger charge is -2.30. The Bertz CT molecular complexity index is 721. The molecule has 0 radical (unpaired) electrons. The van der Waals surface area contributed by atoms with Crippen LogP contribution in [0.25, 0.3) is 11.0 Å². The average molecular weight is 322 g/mol. The molecule has 6 heteroatoms. The number of nitrogens with zero attached hydrogens (tertiary/aromatic N) is 1. The molecule has 1 aliphatic heterocycles. The second-order valence-corrected chi connectivity index (χ2v) is 7.84. The summed E-state index contributed by atoms with van der Waals surface area (Å²) >= 11 is 0. The number of hydrogen-bond acceptors (Lipinski definition) is 3. The standard InChI is InChI=1S/C16H22N2O3S/c1-12-6-5-9-18(11-12)22(19,20)17-13(2)16-10-14-7-3-4-8-15(14)21-16/h3-4,7-8,10,12-13,17H,5-6,9,11H2,1-2H3/t12-,13-/m0/s1. The number of fused-ring (bicyclic) bond motifs is 1. The third kappa shape index (κ3) is 3.19. The summed E-state index contributed by atoms with van der Waals surface area (Å²) in [5, 5.41) is 0.982. The van der Waals surface area contributed by atoms with Crippen LogP contribution in [-0.2, 0) is 10.2 Å². The summed E-state index contributed by atoms with van der Waals surface area (Å²) in [6.45, 7) is 5.07. The minimum atomic E-state index is -3.48. The van der Waals surface area contributed by atoms with Crippen LogP contribution in [0.15, 0.2) is 34.7 Å². The number of rotatable bonds is 4. The van der Waals surface area contributed by atoms with Crippen LogP contribution < -0.4 is 4.72 Å². The third-order valence-electron chi connectivity index (χ3n) is 4.16. The van der Waals surface area contributed by atoms with Gasteiger partial charge in [0, 0.05) is 18.5 Å². The van der Waals surface area contributed by atoms with Crippen molar-refractivity contribution in [3.63, 3.8) is 0 Å². The van der Waals surface area contributed by atoms with Crippen LogP contribution in [0, 0.1) is 5.92 Å². The maximum absolute atomic E-state index is 12.5. The molecule has 2 heterocycles. The zero-order chi connectivity index (χ0) is 15.7. The van der Waals surface area contributed by atoms with Gasteiger partial charge in [-0.2, -0.15) is 17.4 Å². The van der Waals surface area contributed by atoms with E-state index in [1.54, 1.807) is 4.31 Å². The fraction of sp³-hybridized carbons (Fsp3) is 0.500. The van der Waals surface area contributed by atoms with E-state index in [2.05, 4.69) is 11.6 Å². The molecule has 22 heavy (non-hydrogen) atoms. The van der Waals surface area contributed by atoms with Crippen LogP contribution in [0.2, 0.25) is 0 Å². The van der Waals surface area contributed by atoms with Crippen LogP contribution in [-0.4, -0.2) is 25.8 Å². The molecule has 1 aliphatic rings. The molecule has 0 bridgehead atoms. The molecule has 2 aromatic rings. The van der Waals surface area contributed by atoms with Gasteiger partial charge in [-0.05, 0) is 37.8 Å². The molecule has 1 aromatic heterocycles. The van der Waals surface area contributed by atoms with E-state index in [0.717, 1.165) is 23.8 Å². The fourth-order valence-corrected chi connectivity index (χ4v) is 4.47. The minimum absolute atomic E-state index is 0.394. The molecule has 120 valence electrons. The predicted molar refractivity (Wildman–Crippen MR) is 86.7 cm³/mol. The Balaban J connectivity index is 1.76. The van der Waals surface area contributed by atoms with Crippen molar-refractivity contribution in [2.75, 3.05) is 13.1 Å². The van der Waals surface area contributed by atoms with Gasteiger partial charge in [0.25, 0.3) is 10.2 Å². The lowest BCUT2D eigenvalue weighted by molar-refractivity contribution is 0.276. The SMILES string of the molecule is C[C@H]1CCCN(S(=O)(=O)N[C@@H](C)c2cc3ccccc3o2)C1. The van der Waals surface area contributed by atoms with Gasteiger partial charge in [-0.25, -0.2) is 0 Å². The van der Waals surface area contributed by atoms with E-state index in [9.17, 15) is 8.42 Å². The van der Waals surface area contributed by atoms with E-state index in [1.807, 2.05) is 37.3 Å². The molecule has 3 rings (SSSR count). The van der Waals surface area contributed by atoms with Gasteiger partial charge in [-0.3, -0.25) is 0 Å². The molecule has 0 unspecified atom stereocenters. The van der Waals surface area contributed by atoms with E-state index in [0.29, 0.717) is 24.8 Å². The number of para-hydroxylation sites is 1. The van der Waals surface area contributed by atoms with E-state index < -0.39 is 16.3 Å². The Kier molecular flexibility index (Phi) is 4.25. The first-order chi connectivity index (χ1) is 10.5. The predicted octanol–water partition coefficient (Wildman–Crippen LogP) is 3.06. The number of piperidine rings is 1. The highest BCUT2D eigenvalue weighted by Crippen LogP contribution is 2.25. The van der Waals surface area contributed by atoms with Crippen LogP contribution in [0.3, 0.4) is 0 Å². The number of benzene rings is 1. The third-order valence-corrected chi connectivity index (χ3v) is 5.82. The molecule has 0 aliphatic carbocycles. The summed E-state index contributed by atoms with van der Waals surface area (Å²) in [5.41, 5.74) is 0.773. The number of nitrogens with one attached hydrogen (secondary N) is 1. The van der Waals surface area contributed by atoms with Crippen molar-refractivity contribution >= 4 is 21.2 Å².